The van der Waals surface area contributed by atoms with Crippen molar-refractivity contribution in [2.24, 2.45) is 10.4 Å². The maximum absolute atomic E-state index is 11.5. The molecule has 0 atom stereocenters. The molecule has 3 N–H and O–H groups in total. The van der Waals surface area contributed by atoms with Gasteiger partial charge in [0.15, 0.2) is 0 Å². The van der Waals surface area contributed by atoms with E-state index in [0.29, 0.717) is 12.1 Å². The van der Waals surface area contributed by atoms with Crippen LogP contribution in [0.5, 0.6) is 0 Å². The third-order valence-corrected chi connectivity index (χ3v) is 3.86. The van der Waals surface area contributed by atoms with E-state index >= 15 is 0 Å². The number of nitroso groups, excluding NO2 is 1. The highest BCUT2D eigenvalue weighted by Crippen LogP contribution is 2.31. The van der Waals surface area contributed by atoms with E-state index in [9.17, 15) is 23.2 Å². The van der Waals surface area contributed by atoms with Gasteiger partial charge in [-0.05, 0) is 24.2 Å². The number of carboxylic acids is 1. The number of hydrogen-bond acceptors (Lipinski definition) is 6. The summed E-state index contributed by atoms with van der Waals surface area (Å²) in [7, 11) is -4.45. The molecule has 23 heavy (non-hydrogen) atoms. The molecule has 122 valence electrons. The number of sulfonamides is 1. The van der Waals surface area contributed by atoms with Crippen LogP contribution >= 0.6 is 11.6 Å². The lowest BCUT2D eigenvalue weighted by Gasteiger charge is -2.17. The lowest BCUT2D eigenvalue weighted by molar-refractivity contribution is 0.0697. The van der Waals surface area contributed by atoms with Gasteiger partial charge in [0.1, 0.15) is 18.5 Å². The molecular formula is C12H10ClN3O6S. The Hall–Kier alpha value is -2.43. The van der Waals surface area contributed by atoms with Gasteiger partial charge in [-0.25, -0.2) is 23.4 Å². The van der Waals surface area contributed by atoms with Gasteiger partial charge in [0, 0.05) is 0 Å². The Morgan fingerprint density at radius 1 is 1.57 bits per heavy atom. The van der Waals surface area contributed by atoms with E-state index in [4.69, 9.17) is 28.0 Å². The van der Waals surface area contributed by atoms with Gasteiger partial charge in [-0.2, -0.15) is 0 Å². The molecule has 0 bridgehead atoms. The number of halogens is 1. The van der Waals surface area contributed by atoms with E-state index < -0.39 is 67.7 Å². The minimum atomic E-state index is -4.45. The van der Waals surface area contributed by atoms with E-state index in [1.165, 1.54) is 0 Å². The summed E-state index contributed by atoms with van der Waals surface area (Å²) >= 11 is 5.78. The van der Waals surface area contributed by atoms with Crippen LogP contribution in [0.4, 0.5) is 5.69 Å². The van der Waals surface area contributed by atoms with Crippen molar-refractivity contribution in [2.75, 3.05) is 5.01 Å². The fraction of sp³-hybridized carbons (Fsp3) is 0.0833. The van der Waals surface area contributed by atoms with Crippen LogP contribution in [0.1, 0.15) is 23.0 Å². The van der Waals surface area contributed by atoms with Gasteiger partial charge in [-0.3, -0.25) is 0 Å². The number of carbonyl (C=O) groups is 1. The van der Waals surface area contributed by atoms with Crippen LogP contribution in [0.25, 0.3) is 0 Å². The van der Waals surface area contributed by atoms with Crippen molar-refractivity contribution in [2.45, 2.75) is 11.4 Å². The molecule has 0 aliphatic heterocycles. The quantitative estimate of drug-likeness (QED) is 0.588. The molecular weight excluding hydrogens is 350 g/mol. The summed E-state index contributed by atoms with van der Waals surface area (Å²) < 4.78 is 66.3. The molecule has 0 saturated heterocycles. The molecule has 9 nitrogen and oxygen atoms in total. The third kappa shape index (κ3) is 3.67. The van der Waals surface area contributed by atoms with Crippen molar-refractivity contribution < 1.29 is 29.6 Å². The first-order chi connectivity index (χ1) is 12.7. The van der Waals surface area contributed by atoms with Crippen molar-refractivity contribution in [3.05, 3.63) is 51.7 Å². The summed E-state index contributed by atoms with van der Waals surface area (Å²) in [6, 6.07) is -0.489. The van der Waals surface area contributed by atoms with Crippen molar-refractivity contribution in [3.63, 3.8) is 0 Å². The minimum absolute atomic E-state index is 0.0645. The average Bonchev–Trinajstić information content (AvgIpc) is 2.82. The van der Waals surface area contributed by atoms with Crippen LogP contribution in [0.3, 0.4) is 0 Å². The van der Waals surface area contributed by atoms with Crippen LogP contribution in [0.2, 0.25) is 5.02 Å². The third-order valence-electron chi connectivity index (χ3n) is 2.48. The zero-order valence-electron chi connectivity index (χ0n) is 15.9. The molecule has 0 spiro atoms. The molecule has 2 aromatic rings. The Labute approximate surface area is 142 Å². The van der Waals surface area contributed by atoms with Gasteiger partial charge >= 0.3 is 5.97 Å². The molecule has 1 aromatic heterocycles. The minimum Gasteiger partial charge on any atom is -0.478 e. The number of anilines is 1. The van der Waals surface area contributed by atoms with Crippen molar-refractivity contribution >= 4 is 33.3 Å². The Kier molecular flexibility index (Phi) is 3.09. The lowest BCUT2D eigenvalue weighted by Crippen LogP contribution is -2.20. The maximum Gasteiger partial charge on any atom is 0.337 e. The zero-order valence-corrected chi connectivity index (χ0v) is 12.5. The Bertz CT molecular complexity index is 1090. The number of primary sulfonamides is 1. The first kappa shape index (κ1) is 11.2. The number of nitrogens with zero attached hydrogens (tertiary/aromatic N) is 2. The summed E-state index contributed by atoms with van der Waals surface area (Å²) in [4.78, 5) is 22.1. The van der Waals surface area contributed by atoms with Gasteiger partial charge < -0.3 is 9.52 Å². The summed E-state index contributed by atoms with van der Waals surface area (Å²) in [5.41, 5.74) is -1.68. The van der Waals surface area contributed by atoms with Gasteiger partial charge in [-0.15, -0.1) is 4.91 Å². The predicted molar refractivity (Wildman–Crippen MR) is 80.5 cm³/mol. The number of benzene rings is 1. The van der Waals surface area contributed by atoms with Crippen molar-refractivity contribution in [3.8, 4) is 0 Å². The summed E-state index contributed by atoms with van der Waals surface area (Å²) in [5, 5.41) is 16.0. The normalized spacial score (nSPS) is 15.0. The van der Waals surface area contributed by atoms with Crippen LogP contribution in [-0.4, -0.2) is 19.5 Å². The van der Waals surface area contributed by atoms with E-state index in [2.05, 4.69) is 5.29 Å². The number of nitrogens with two attached hydrogens (primary N) is 1. The van der Waals surface area contributed by atoms with Crippen molar-refractivity contribution in [1.29, 1.82) is 0 Å². The monoisotopic (exact) mass is 364 g/mol. The first-order valence-corrected chi connectivity index (χ1v) is 7.46. The molecule has 0 aliphatic rings. The largest absolute Gasteiger partial charge is 0.478 e. The number of furan rings is 1. The van der Waals surface area contributed by atoms with Crippen LogP contribution in [0, 0.1) is 4.91 Å². The van der Waals surface area contributed by atoms with E-state index in [1.54, 1.807) is 0 Å². The van der Waals surface area contributed by atoms with Gasteiger partial charge in [-0.1, -0.05) is 11.6 Å². The summed E-state index contributed by atoms with van der Waals surface area (Å²) in [6.07, 6.45) is -0.865. The number of rotatable bonds is 6. The van der Waals surface area contributed by atoms with Gasteiger partial charge in [0.25, 0.3) is 0 Å². The second kappa shape index (κ2) is 6.36. The highest BCUT2D eigenvalue weighted by molar-refractivity contribution is 7.89. The molecule has 0 amide bonds. The fourth-order valence-corrected chi connectivity index (χ4v) is 2.66. The zero-order chi connectivity index (χ0) is 21.6. The smallest absolute Gasteiger partial charge is 0.337 e. The number of carboxylic acid groups (broad SMARTS) is 1. The molecule has 1 aromatic carbocycles. The molecule has 0 unspecified atom stereocenters. The highest BCUT2D eigenvalue weighted by atomic mass is 35.5. The van der Waals surface area contributed by atoms with Gasteiger partial charge in [0.2, 0.25) is 10.0 Å². The number of hydrogen-bond donors (Lipinski definition) is 2. The molecule has 0 aliphatic carbocycles. The Balaban J connectivity index is 2.79. The molecule has 0 fully saturated rings. The molecule has 0 radical (unpaired) electrons. The Morgan fingerprint density at radius 2 is 2.26 bits per heavy atom. The topological polar surface area (TPSA) is 143 Å². The predicted octanol–water partition coefficient (Wildman–Crippen LogP) is 1.97. The summed E-state index contributed by atoms with van der Waals surface area (Å²) in [6.45, 7) is -3.13. The lowest BCUT2D eigenvalue weighted by atomic mass is 10.1. The summed E-state index contributed by atoms with van der Waals surface area (Å²) in [5.74, 6) is -2.74. The second-order valence-electron chi connectivity index (χ2n) is 3.94. The van der Waals surface area contributed by atoms with E-state index in [-0.39, 0.29) is 5.01 Å². The number of aromatic carboxylic acids is 1. The van der Waals surface area contributed by atoms with Crippen LogP contribution in [0.15, 0.2) is 45.1 Å². The fourth-order valence-electron chi connectivity index (χ4n) is 1.56. The Morgan fingerprint density at radius 3 is 2.74 bits per heavy atom. The molecule has 1 heterocycles. The molecule has 0 saturated carbocycles. The SMILES string of the molecule is [2H]c1oc(C([2H])([2H])N(N=O)c2cc(Cl)c(S(N)(=O)=O)cc2C(=O)O)c([2H])c1[2H]. The van der Waals surface area contributed by atoms with Gasteiger partial charge in [0.05, 0.1) is 33.3 Å². The first-order valence-electron chi connectivity index (χ1n) is 8.03. The maximum atomic E-state index is 11.5. The second-order valence-corrected chi connectivity index (χ2v) is 5.88. The highest BCUT2D eigenvalue weighted by Gasteiger charge is 2.24. The standard InChI is InChI=1S/C12H10ClN3O6S/c13-9-5-10(16(15-19)6-7-2-1-3-22-7)8(12(17)18)4-11(9)23(14,20)21/h1-5H,6H2,(H,17,18)(H2,14,20,21)/i1D,2D,3D,6D2. The van der Waals surface area contributed by atoms with E-state index in [0.717, 1.165) is 0 Å². The van der Waals surface area contributed by atoms with Crippen molar-refractivity contribution in [1.82, 2.24) is 0 Å². The molecule has 2 rings (SSSR count). The van der Waals surface area contributed by atoms with Crippen LogP contribution in [-0.2, 0) is 16.5 Å². The molecule has 11 heteroatoms. The van der Waals surface area contributed by atoms with Crippen LogP contribution < -0.4 is 10.1 Å². The average molecular weight is 365 g/mol. The van der Waals surface area contributed by atoms with E-state index in [1.807, 2.05) is 0 Å².